The van der Waals surface area contributed by atoms with Crippen LogP contribution in [0.15, 0.2) is 41.5 Å². The van der Waals surface area contributed by atoms with Gasteiger partial charge in [0.05, 0.1) is 29.8 Å². The fourth-order valence-electron chi connectivity index (χ4n) is 7.82. The van der Waals surface area contributed by atoms with Gasteiger partial charge in [0.25, 0.3) is 0 Å². The summed E-state index contributed by atoms with van der Waals surface area (Å²) in [4.78, 5) is 41.7. The molecule has 0 aromatic heterocycles. The molecule has 260 valence electrons. The number of halogens is 3. The summed E-state index contributed by atoms with van der Waals surface area (Å²) >= 11 is 18.0. The third-order valence-corrected chi connectivity index (χ3v) is 12.2. The molecule has 1 heterocycles. The summed E-state index contributed by atoms with van der Waals surface area (Å²) in [6, 6.07) is 7.93. The number of fused-ring (bicyclic) bond motifs is 5. The topological polar surface area (TPSA) is 169 Å². The number of ketones is 1. The standard InChI is InChI=1S/C32H39Cl3O11.2Ac/c1-15-17(36)13-31(42)24(45-25(39)16-10-8-7-9-11-16)22-29(6,23(38)21(37)20(15)27(31,2)3)18(12-19-30(22,41)14-43-19)44-26(40)46-28(4,5)32(33,34)35;;/h7-11,17-19,21-22,24,36-37,41-42H,12-14H2,1-6H3;;/t17?,18?,19?,21?,22?,24-,29?,30?,31?;;/m0../s1. The third-order valence-electron chi connectivity index (χ3n) is 10.9. The van der Waals surface area contributed by atoms with Crippen molar-refractivity contribution < 1.29 is 142 Å². The normalized spacial score (nSPS) is 37.1. The Kier molecular flexibility index (Phi) is 13.2. The fourth-order valence-corrected chi connectivity index (χ4v) is 7.94. The van der Waals surface area contributed by atoms with E-state index in [1.54, 1.807) is 39.0 Å². The first-order chi connectivity index (χ1) is 21.0. The van der Waals surface area contributed by atoms with E-state index >= 15 is 0 Å². The minimum absolute atomic E-state index is 0. The van der Waals surface area contributed by atoms with Crippen molar-refractivity contribution in [3.63, 3.8) is 0 Å². The smallest absolute Gasteiger partial charge is 0.455 e. The van der Waals surface area contributed by atoms with Crippen LogP contribution in [0.4, 0.5) is 4.79 Å². The zero-order valence-corrected chi connectivity index (χ0v) is 39.2. The van der Waals surface area contributed by atoms with Gasteiger partial charge in [-0.3, -0.25) is 4.79 Å². The monoisotopic (exact) mass is 1160 g/mol. The largest absolute Gasteiger partial charge is 0.509 e. The van der Waals surface area contributed by atoms with Crippen LogP contribution >= 0.6 is 34.8 Å². The van der Waals surface area contributed by atoms with Crippen LogP contribution in [0.2, 0.25) is 0 Å². The Bertz CT molecular complexity index is 1470. The van der Waals surface area contributed by atoms with Gasteiger partial charge in [-0.05, 0) is 51.0 Å². The molecule has 5 rings (SSSR count). The number of hydrogen-bond acceptors (Lipinski definition) is 11. The maximum absolute atomic E-state index is 14.7. The Morgan fingerprint density at radius 3 is 2.10 bits per heavy atom. The van der Waals surface area contributed by atoms with E-state index in [2.05, 4.69) is 0 Å². The number of ether oxygens (including phenoxy) is 4. The van der Waals surface area contributed by atoms with Crippen molar-refractivity contribution >= 4 is 52.7 Å². The summed E-state index contributed by atoms with van der Waals surface area (Å²) in [5.74, 6) is -3.30. The molecule has 1 saturated heterocycles. The molecule has 1 aromatic rings. The van der Waals surface area contributed by atoms with Gasteiger partial charge < -0.3 is 39.4 Å². The van der Waals surface area contributed by atoms with E-state index in [1.807, 2.05) is 0 Å². The molecule has 9 atom stereocenters. The quantitative estimate of drug-likeness (QED) is 0.197. The maximum atomic E-state index is 14.7. The number of hydrogen-bond donors (Lipinski definition) is 4. The van der Waals surface area contributed by atoms with E-state index in [-0.39, 0.29) is 124 Å². The van der Waals surface area contributed by atoms with Crippen LogP contribution in [0.1, 0.15) is 64.7 Å². The molecule has 1 aromatic carbocycles. The predicted octanol–water partition coefficient (Wildman–Crippen LogP) is 3.82. The SMILES string of the molecule is CC1=C2C(O)C(=O)C3(C)C(OC(=O)OC(C)(C)C(Cl)(Cl)Cl)CC4OCC4(O)C3[C@H](OC(=O)c3ccccc3)C(O)(CC1O)C2(C)C.[Ac].[Ac]. The number of aliphatic hydroxyl groups excluding tert-OH is 2. The Labute approximate surface area is 365 Å². The van der Waals surface area contributed by atoms with Gasteiger partial charge in [0.2, 0.25) is 3.79 Å². The molecule has 48 heavy (non-hydrogen) atoms. The molecule has 0 amide bonds. The maximum Gasteiger partial charge on any atom is 0.509 e. The van der Waals surface area contributed by atoms with Crippen molar-refractivity contribution in [1.82, 2.24) is 0 Å². The van der Waals surface area contributed by atoms with Crippen LogP contribution in [0.3, 0.4) is 0 Å². The van der Waals surface area contributed by atoms with Crippen molar-refractivity contribution in [3.8, 4) is 0 Å². The number of carbonyl (C=O) groups excluding carboxylic acids is 3. The molecule has 3 fully saturated rings. The Morgan fingerprint density at radius 1 is 1.00 bits per heavy atom. The van der Waals surface area contributed by atoms with E-state index in [0.29, 0.717) is 0 Å². The van der Waals surface area contributed by atoms with Crippen LogP contribution in [-0.2, 0) is 23.7 Å². The molecule has 8 unspecified atom stereocenters. The molecule has 4 aliphatic rings. The molecule has 4 N–H and O–H groups in total. The van der Waals surface area contributed by atoms with Crippen molar-refractivity contribution in [2.45, 2.75) is 105 Å². The van der Waals surface area contributed by atoms with Gasteiger partial charge in [0.15, 0.2) is 11.4 Å². The Balaban J connectivity index is 0.00000312. The molecule has 1 aliphatic heterocycles. The molecule has 2 radical (unpaired) electrons. The van der Waals surface area contributed by atoms with Gasteiger partial charge in [-0.15, -0.1) is 0 Å². The summed E-state index contributed by atoms with van der Waals surface area (Å²) in [6.07, 6.45) is -9.40. The van der Waals surface area contributed by atoms with Gasteiger partial charge in [-0.1, -0.05) is 66.8 Å². The van der Waals surface area contributed by atoms with Gasteiger partial charge in [-0.2, -0.15) is 0 Å². The van der Waals surface area contributed by atoms with Crippen molar-refractivity contribution in [3.05, 3.63) is 47.0 Å². The second kappa shape index (κ2) is 14.6. The number of aliphatic hydroxyl groups is 4. The molecule has 2 saturated carbocycles. The second-order valence-electron chi connectivity index (χ2n) is 14.1. The van der Waals surface area contributed by atoms with E-state index in [0.717, 1.165) is 0 Å². The first kappa shape index (κ1) is 43.3. The average Bonchev–Trinajstić information content (AvgIpc) is 2.94. The van der Waals surface area contributed by atoms with Gasteiger partial charge in [-0.25, -0.2) is 9.59 Å². The van der Waals surface area contributed by atoms with Crippen LogP contribution in [0.5, 0.6) is 0 Å². The van der Waals surface area contributed by atoms with Gasteiger partial charge in [0.1, 0.15) is 29.5 Å². The van der Waals surface area contributed by atoms with E-state index < -0.39 is 85.8 Å². The first-order valence-electron chi connectivity index (χ1n) is 14.9. The zero-order valence-electron chi connectivity index (χ0n) is 27.4. The van der Waals surface area contributed by atoms with Crippen LogP contribution < -0.4 is 0 Å². The third kappa shape index (κ3) is 6.77. The summed E-state index contributed by atoms with van der Waals surface area (Å²) < 4.78 is 20.9. The minimum atomic E-state index is -2.17. The number of rotatable bonds is 4. The fraction of sp³-hybridized carbons (Fsp3) is 0.656. The number of Topliss-reactive ketones (excluding diaryl/α,β-unsaturated/α-hetero) is 1. The van der Waals surface area contributed by atoms with E-state index in [9.17, 15) is 34.8 Å². The number of carbonyl (C=O) groups is 3. The predicted molar refractivity (Wildman–Crippen MR) is 165 cm³/mol. The average molecular weight is 1160 g/mol. The molecule has 11 nitrogen and oxygen atoms in total. The summed E-state index contributed by atoms with van der Waals surface area (Å²) in [7, 11) is 0. The van der Waals surface area contributed by atoms with Gasteiger partial charge >= 0.3 is 12.1 Å². The minimum Gasteiger partial charge on any atom is -0.455 e. The first-order valence-corrected chi connectivity index (χ1v) is 16.1. The molecular weight excluding hydrogens is 1120 g/mol. The zero-order chi connectivity index (χ0) is 34.4. The van der Waals surface area contributed by atoms with Crippen LogP contribution in [0.25, 0.3) is 0 Å². The number of esters is 1. The second-order valence-corrected chi connectivity index (χ2v) is 16.4. The van der Waals surface area contributed by atoms with Crippen molar-refractivity contribution in [1.29, 1.82) is 0 Å². The van der Waals surface area contributed by atoms with Crippen LogP contribution in [-0.4, -0.2) is 96.1 Å². The summed E-state index contributed by atoms with van der Waals surface area (Å²) in [6.45, 7) is 8.42. The van der Waals surface area contributed by atoms with E-state index in [1.165, 1.54) is 32.9 Å². The van der Waals surface area contributed by atoms with Crippen LogP contribution in [0, 0.1) is 105 Å². The Morgan fingerprint density at radius 2 is 1.58 bits per heavy atom. The van der Waals surface area contributed by atoms with Crippen molar-refractivity contribution in [2.75, 3.05) is 6.61 Å². The van der Waals surface area contributed by atoms with Crippen molar-refractivity contribution in [2.24, 2.45) is 16.7 Å². The van der Waals surface area contributed by atoms with Gasteiger partial charge in [0, 0.05) is 112 Å². The molecule has 2 bridgehead atoms. The molecule has 16 heteroatoms. The number of alkyl halides is 3. The Hall–Kier alpha value is 0.923. The molecular formula is C32H39Ac2Cl3O11. The summed E-state index contributed by atoms with van der Waals surface area (Å²) in [5.41, 5.74) is -8.88. The van der Waals surface area contributed by atoms with E-state index in [4.69, 9.17) is 53.8 Å². The number of benzene rings is 1. The molecule has 3 aliphatic carbocycles. The molecule has 0 spiro atoms. The summed E-state index contributed by atoms with van der Waals surface area (Å²) in [5, 5.41) is 48.0.